The van der Waals surface area contributed by atoms with Crippen molar-refractivity contribution in [2.45, 2.75) is 26.5 Å². The van der Waals surface area contributed by atoms with Gasteiger partial charge < -0.3 is 4.74 Å². The minimum absolute atomic E-state index is 0.191. The molecule has 2 aromatic carbocycles. The molecule has 0 aliphatic carbocycles. The first kappa shape index (κ1) is 21.2. The largest absolute Gasteiger partial charge is 0.488 e. The van der Waals surface area contributed by atoms with Crippen LogP contribution in [0.3, 0.4) is 0 Å². The predicted molar refractivity (Wildman–Crippen MR) is 118 cm³/mol. The molecule has 1 aliphatic heterocycles. The number of ether oxygens (including phenoxy) is 1. The Balaban J connectivity index is 1.87. The van der Waals surface area contributed by atoms with Crippen LogP contribution < -0.4 is 4.74 Å². The molecule has 0 unspecified atom stereocenters. The maximum absolute atomic E-state index is 12.5. The van der Waals surface area contributed by atoms with Crippen LogP contribution in [0.25, 0.3) is 6.08 Å². The van der Waals surface area contributed by atoms with E-state index in [0.29, 0.717) is 26.3 Å². The van der Waals surface area contributed by atoms with Crippen LogP contribution in [0.2, 0.25) is 10.0 Å². The van der Waals surface area contributed by atoms with Crippen molar-refractivity contribution in [2.75, 3.05) is 0 Å². The Morgan fingerprint density at radius 2 is 1.93 bits per heavy atom. The van der Waals surface area contributed by atoms with Crippen LogP contribution in [0.4, 0.5) is 4.79 Å². The van der Waals surface area contributed by atoms with E-state index in [4.69, 9.17) is 27.9 Å². The molecule has 0 spiro atoms. The summed E-state index contributed by atoms with van der Waals surface area (Å²) < 4.78 is 6.77. The lowest BCUT2D eigenvalue weighted by molar-refractivity contribution is -0.123. The van der Waals surface area contributed by atoms with E-state index in [-0.39, 0.29) is 23.8 Å². The van der Waals surface area contributed by atoms with Crippen molar-refractivity contribution < 1.29 is 14.3 Å². The van der Waals surface area contributed by atoms with Gasteiger partial charge in [0.15, 0.2) is 0 Å². The standard InChI is InChI=1S/C20H16BrCl2NO3S/c1-11(2)24-19(25)18(28-20(24)26)8-13-7-14(21)4-6-17(13)27-10-12-3-5-15(22)9-16(12)23/h3-9,11H,10H2,1-2H3/b18-8-. The van der Waals surface area contributed by atoms with Crippen LogP contribution in [0, 0.1) is 0 Å². The number of carbonyl (C=O) groups excluding carboxylic acids is 2. The third-order valence-electron chi connectivity index (χ3n) is 4.00. The summed E-state index contributed by atoms with van der Waals surface area (Å²) >= 11 is 16.5. The van der Waals surface area contributed by atoms with E-state index in [1.165, 1.54) is 4.90 Å². The molecule has 146 valence electrons. The van der Waals surface area contributed by atoms with E-state index in [0.717, 1.165) is 21.8 Å². The lowest BCUT2D eigenvalue weighted by Crippen LogP contribution is -2.34. The first-order valence-corrected chi connectivity index (χ1v) is 10.8. The summed E-state index contributed by atoms with van der Waals surface area (Å²) in [5, 5.41) is 0.805. The predicted octanol–water partition coefficient (Wildman–Crippen LogP) is 6.78. The van der Waals surface area contributed by atoms with Gasteiger partial charge in [-0.05, 0) is 62.0 Å². The highest BCUT2D eigenvalue weighted by molar-refractivity contribution is 9.10. The van der Waals surface area contributed by atoms with Crippen LogP contribution in [-0.4, -0.2) is 22.1 Å². The summed E-state index contributed by atoms with van der Waals surface area (Å²) in [5.41, 5.74) is 1.48. The summed E-state index contributed by atoms with van der Waals surface area (Å²) in [5.74, 6) is 0.280. The number of benzene rings is 2. The van der Waals surface area contributed by atoms with E-state index >= 15 is 0 Å². The Bertz CT molecular complexity index is 978. The Hall–Kier alpha value is -1.47. The van der Waals surface area contributed by atoms with Gasteiger partial charge in [-0.25, -0.2) is 0 Å². The average Bonchev–Trinajstić information content (AvgIpc) is 2.89. The summed E-state index contributed by atoms with van der Waals surface area (Å²) in [7, 11) is 0. The van der Waals surface area contributed by atoms with Crippen molar-refractivity contribution >= 4 is 68.1 Å². The summed E-state index contributed by atoms with van der Waals surface area (Å²) in [6, 6.07) is 10.5. The molecule has 3 rings (SSSR count). The van der Waals surface area contributed by atoms with Crippen molar-refractivity contribution in [2.24, 2.45) is 0 Å². The quantitative estimate of drug-likeness (QED) is 0.424. The van der Waals surface area contributed by atoms with Gasteiger partial charge in [0.1, 0.15) is 12.4 Å². The maximum Gasteiger partial charge on any atom is 0.293 e. The molecule has 1 saturated heterocycles. The van der Waals surface area contributed by atoms with Crippen LogP contribution >= 0.6 is 50.9 Å². The van der Waals surface area contributed by atoms with Crippen molar-refractivity contribution in [3.8, 4) is 5.75 Å². The molecule has 0 aromatic heterocycles. The minimum atomic E-state index is -0.295. The number of halogens is 3. The van der Waals surface area contributed by atoms with E-state index < -0.39 is 0 Å². The van der Waals surface area contributed by atoms with Gasteiger partial charge >= 0.3 is 0 Å². The second-order valence-electron chi connectivity index (χ2n) is 6.35. The lowest BCUT2D eigenvalue weighted by Gasteiger charge is -2.16. The number of hydrogen-bond acceptors (Lipinski definition) is 4. The molecule has 1 aliphatic rings. The Morgan fingerprint density at radius 1 is 1.18 bits per heavy atom. The molecule has 1 heterocycles. The zero-order chi connectivity index (χ0) is 20.4. The minimum Gasteiger partial charge on any atom is -0.488 e. The Labute approximate surface area is 186 Å². The fourth-order valence-electron chi connectivity index (χ4n) is 2.62. The first-order chi connectivity index (χ1) is 13.3. The molecule has 4 nitrogen and oxygen atoms in total. The topological polar surface area (TPSA) is 46.6 Å². The van der Waals surface area contributed by atoms with Gasteiger partial charge in [-0.15, -0.1) is 0 Å². The number of amides is 2. The molecule has 0 N–H and O–H groups in total. The first-order valence-electron chi connectivity index (χ1n) is 8.39. The van der Waals surface area contributed by atoms with E-state index in [1.54, 1.807) is 30.3 Å². The van der Waals surface area contributed by atoms with Crippen molar-refractivity contribution in [1.29, 1.82) is 0 Å². The highest BCUT2D eigenvalue weighted by atomic mass is 79.9. The number of imide groups is 1. The maximum atomic E-state index is 12.5. The summed E-state index contributed by atoms with van der Waals surface area (Å²) in [6.45, 7) is 3.86. The van der Waals surface area contributed by atoms with E-state index in [2.05, 4.69) is 15.9 Å². The fourth-order valence-corrected chi connectivity index (χ4v) is 4.42. The van der Waals surface area contributed by atoms with Gasteiger partial charge in [0, 0.05) is 31.7 Å². The molecule has 1 fully saturated rings. The fraction of sp³-hybridized carbons (Fsp3) is 0.200. The number of thioether (sulfide) groups is 1. The molecule has 2 aromatic rings. The van der Waals surface area contributed by atoms with Gasteiger partial charge in [-0.1, -0.05) is 45.2 Å². The molecule has 28 heavy (non-hydrogen) atoms. The van der Waals surface area contributed by atoms with Crippen LogP contribution in [0.5, 0.6) is 5.75 Å². The monoisotopic (exact) mass is 499 g/mol. The number of nitrogens with zero attached hydrogens (tertiary/aromatic N) is 1. The Morgan fingerprint density at radius 3 is 2.57 bits per heavy atom. The highest BCUT2D eigenvalue weighted by Crippen LogP contribution is 2.36. The molecular weight excluding hydrogens is 485 g/mol. The third-order valence-corrected chi connectivity index (χ3v) is 5.96. The van der Waals surface area contributed by atoms with Gasteiger partial charge in [0.2, 0.25) is 0 Å². The summed E-state index contributed by atoms with van der Waals surface area (Å²) in [6.07, 6.45) is 1.68. The van der Waals surface area contributed by atoms with E-state index in [1.807, 2.05) is 26.0 Å². The molecule has 2 amide bonds. The van der Waals surface area contributed by atoms with Gasteiger partial charge in [0.05, 0.1) is 4.91 Å². The molecule has 0 atom stereocenters. The Kier molecular flexibility index (Phi) is 6.76. The van der Waals surface area contributed by atoms with Crippen LogP contribution in [0.1, 0.15) is 25.0 Å². The SMILES string of the molecule is CC(C)N1C(=O)S/C(=C\c2cc(Br)ccc2OCc2ccc(Cl)cc2Cl)C1=O. The molecule has 0 saturated carbocycles. The molecule has 8 heteroatoms. The number of hydrogen-bond donors (Lipinski definition) is 0. The van der Waals surface area contributed by atoms with Crippen LogP contribution in [-0.2, 0) is 11.4 Å². The van der Waals surface area contributed by atoms with Crippen molar-refractivity contribution in [3.05, 3.63) is 66.9 Å². The average molecular weight is 501 g/mol. The third kappa shape index (κ3) is 4.74. The molecular formula is C20H16BrCl2NO3S. The second kappa shape index (κ2) is 8.91. The zero-order valence-corrected chi connectivity index (χ0v) is 19.0. The highest BCUT2D eigenvalue weighted by Gasteiger charge is 2.36. The van der Waals surface area contributed by atoms with Gasteiger partial charge in [0.25, 0.3) is 11.1 Å². The summed E-state index contributed by atoms with van der Waals surface area (Å²) in [4.78, 5) is 26.3. The normalized spacial score (nSPS) is 15.8. The van der Waals surface area contributed by atoms with Crippen molar-refractivity contribution in [1.82, 2.24) is 4.90 Å². The van der Waals surface area contributed by atoms with E-state index in [9.17, 15) is 9.59 Å². The second-order valence-corrected chi connectivity index (χ2v) is 9.10. The van der Waals surface area contributed by atoms with Gasteiger partial charge in [-0.2, -0.15) is 0 Å². The van der Waals surface area contributed by atoms with Gasteiger partial charge in [-0.3, -0.25) is 14.5 Å². The molecule has 0 bridgehead atoms. The zero-order valence-electron chi connectivity index (χ0n) is 15.0. The van der Waals surface area contributed by atoms with Crippen molar-refractivity contribution in [3.63, 3.8) is 0 Å². The molecule has 0 radical (unpaired) electrons. The number of carbonyl (C=O) groups is 2. The lowest BCUT2D eigenvalue weighted by atomic mass is 10.1. The number of rotatable bonds is 5. The smallest absolute Gasteiger partial charge is 0.293 e. The van der Waals surface area contributed by atoms with Crippen LogP contribution in [0.15, 0.2) is 45.8 Å².